The van der Waals surface area contributed by atoms with E-state index in [4.69, 9.17) is 4.74 Å². The zero-order valence-electron chi connectivity index (χ0n) is 15.5. The van der Waals surface area contributed by atoms with Crippen LogP contribution in [0.4, 0.5) is 0 Å². The van der Waals surface area contributed by atoms with Crippen molar-refractivity contribution >= 4 is 0 Å². The van der Waals surface area contributed by atoms with E-state index in [-0.39, 0.29) is 5.75 Å². The Bertz CT molecular complexity index is 897. The standard InChI is InChI=1S/C23H24N2O2/c1-17(18-6-3-2-4-7-18)15-25-10-11-27-23-21(16-25)12-20(13-22(23)26)19-8-5-9-24-14-19/h2-9,12-14,17,26H,10-11,15-16H2,1H3. The van der Waals surface area contributed by atoms with Crippen LogP contribution >= 0.6 is 0 Å². The molecule has 1 aliphatic rings. The van der Waals surface area contributed by atoms with Gasteiger partial charge < -0.3 is 9.84 Å². The number of aromatic nitrogens is 1. The van der Waals surface area contributed by atoms with Gasteiger partial charge in [0.15, 0.2) is 11.5 Å². The van der Waals surface area contributed by atoms with Gasteiger partial charge in [-0.05, 0) is 35.2 Å². The summed E-state index contributed by atoms with van der Waals surface area (Å²) in [6, 6.07) is 18.4. The fourth-order valence-corrected chi connectivity index (χ4v) is 3.68. The Morgan fingerprint density at radius 3 is 2.74 bits per heavy atom. The second-order valence-corrected chi connectivity index (χ2v) is 7.12. The van der Waals surface area contributed by atoms with Crippen LogP contribution in [0.1, 0.15) is 24.0 Å². The molecule has 27 heavy (non-hydrogen) atoms. The van der Waals surface area contributed by atoms with Crippen molar-refractivity contribution in [1.29, 1.82) is 0 Å². The molecule has 4 rings (SSSR count). The van der Waals surface area contributed by atoms with Gasteiger partial charge >= 0.3 is 0 Å². The predicted molar refractivity (Wildman–Crippen MR) is 107 cm³/mol. The molecule has 4 heteroatoms. The predicted octanol–water partition coefficient (Wildman–Crippen LogP) is 4.45. The van der Waals surface area contributed by atoms with Gasteiger partial charge in [0.1, 0.15) is 6.61 Å². The number of nitrogens with zero attached hydrogens (tertiary/aromatic N) is 2. The van der Waals surface area contributed by atoms with Crippen molar-refractivity contribution in [3.8, 4) is 22.6 Å². The molecule has 4 nitrogen and oxygen atoms in total. The van der Waals surface area contributed by atoms with Crippen molar-refractivity contribution in [3.63, 3.8) is 0 Å². The van der Waals surface area contributed by atoms with Crippen LogP contribution in [-0.2, 0) is 6.54 Å². The molecule has 1 atom stereocenters. The van der Waals surface area contributed by atoms with Crippen LogP contribution in [0.3, 0.4) is 0 Å². The highest BCUT2D eigenvalue weighted by atomic mass is 16.5. The first-order valence-electron chi connectivity index (χ1n) is 9.37. The van der Waals surface area contributed by atoms with E-state index in [1.165, 1.54) is 5.56 Å². The smallest absolute Gasteiger partial charge is 0.165 e. The van der Waals surface area contributed by atoms with E-state index < -0.39 is 0 Å². The summed E-state index contributed by atoms with van der Waals surface area (Å²) < 4.78 is 5.88. The molecule has 1 unspecified atom stereocenters. The summed E-state index contributed by atoms with van der Waals surface area (Å²) in [5.74, 6) is 1.24. The topological polar surface area (TPSA) is 45.6 Å². The van der Waals surface area contributed by atoms with Crippen LogP contribution in [0.25, 0.3) is 11.1 Å². The Morgan fingerprint density at radius 2 is 1.96 bits per heavy atom. The molecule has 0 saturated heterocycles. The molecule has 0 amide bonds. The molecule has 138 valence electrons. The Hall–Kier alpha value is -2.85. The van der Waals surface area contributed by atoms with Gasteiger partial charge in [-0.3, -0.25) is 9.88 Å². The van der Waals surface area contributed by atoms with Crippen LogP contribution in [-0.4, -0.2) is 34.7 Å². The zero-order chi connectivity index (χ0) is 18.6. The van der Waals surface area contributed by atoms with E-state index in [1.54, 1.807) is 12.3 Å². The van der Waals surface area contributed by atoms with Crippen molar-refractivity contribution in [3.05, 3.63) is 78.1 Å². The first-order valence-corrected chi connectivity index (χ1v) is 9.37. The number of rotatable bonds is 4. The Kier molecular flexibility index (Phi) is 5.07. The van der Waals surface area contributed by atoms with Gasteiger partial charge in [-0.15, -0.1) is 0 Å². The number of pyridine rings is 1. The molecule has 0 aliphatic carbocycles. The van der Waals surface area contributed by atoms with Crippen molar-refractivity contribution in [2.75, 3.05) is 19.7 Å². The number of ether oxygens (including phenoxy) is 1. The lowest BCUT2D eigenvalue weighted by Gasteiger charge is -2.24. The Balaban J connectivity index is 1.58. The molecule has 0 radical (unpaired) electrons. The van der Waals surface area contributed by atoms with E-state index in [0.29, 0.717) is 18.3 Å². The highest BCUT2D eigenvalue weighted by Gasteiger charge is 2.21. The number of hydrogen-bond acceptors (Lipinski definition) is 4. The second-order valence-electron chi connectivity index (χ2n) is 7.12. The summed E-state index contributed by atoms with van der Waals surface area (Å²) >= 11 is 0. The van der Waals surface area contributed by atoms with Gasteiger partial charge in [-0.1, -0.05) is 43.3 Å². The molecule has 0 saturated carbocycles. The third kappa shape index (κ3) is 3.96. The summed E-state index contributed by atoms with van der Waals surface area (Å²) in [4.78, 5) is 6.58. The lowest BCUT2D eigenvalue weighted by atomic mass is 10.00. The summed E-state index contributed by atoms with van der Waals surface area (Å²) in [5, 5.41) is 10.5. The van der Waals surface area contributed by atoms with Crippen molar-refractivity contribution in [1.82, 2.24) is 9.88 Å². The van der Waals surface area contributed by atoms with Crippen LogP contribution in [0, 0.1) is 0 Å². The van der Waals surface area contributed by atoms with Crippen molar-refractivity contribution < 1.29 is 9.84 Å². The quantitative estimate of drug-likeness (QED) is 0.746. The fourth-order valence-electron chi connectivity index (χ4n) is 3.68. The minimum Gasteiger partial charge on any atom is -0.504 e. The van der Waals surface area contributed by atoms with E-state index in [1.807, 2.05) is 18.3 Å². The van der Waals surface area contributed by atoms with Gasteiger partial charge in [0, 0.05) is 43.2 Å². The molecule has 0 bridgehead atoms. The molecule has 1 N–H and O–H groups in total. The number of benzene rings is 2. The normalized spacial score (nSPS) is 15.4. The summed E-state index contributed by atoms with van der Waals surface area (Å²) in [5.41, 5.74) is 4.31. The van der Waals surface area contributed by atoms with E-state index >= 15 is 0 Å². The summed E-state index contributed by atoms with van der Waals surface area (Å²) in [6.07, 6.45) is 3.57. The maximum absolute atomic E-state index is 10.5. The van der Waals surface area contributed by atoms with E-state index in [9.17, 15) is 5.11 Å². The van der Waals surface area contributed by atoms with E-state index in [0.717, 1.165) is 36.3 Å². The van der Waals surface area contributed by atoms with Crippen LogP contribution < -0.4 is 4.74 Å². The van der Waals surface area contributed by atoms with E-state index in [2.05, 4.69) is 53.2 Å². The number of aromatic hydroxyl groups is 1. The number of phenolic OH excluding ortho intramolecular Hbond substituents is 1. The SMILES string of the molecule is CC(CN1CCOc2c(O)cc(-c3cccnc3)cc2C1)c1ccccc1. The highest BCUT2D eigenvalue weighted by molar-refractivity contribution is 5.68. The van der Waals surface area contributed by atoms with Gasteiger partial charge in [-0.25, -0.2) is 0 Å². The molecule has 0 fully saturated rings. The molecule has 3 aromatic rings. The second kappa shape index (κ2) is 7.80. The maximum atomic E-state index is 10.5. The van der Waals surface area contributed by atoms with Crippen LogP contribution in [0.15, 0.2) is 67.0 Å². The third-order valence-electron chi connectivity index (χ3n) is 5.09. The lowest BCUT2D eigenvalue weighted by molar-refractivity contribution is 0.216. The molecule has 0 spiro atoms. The molecule has 1 aliphatic heterocycles. The molecule has 1 aromatic heterocycles. The van der Waals surface area contributed by atoms with Gasteiger partial charge in [0.25, 0.3) is 0 Å². The molecule has 2 heterocycles. The van der Waals surface area contributed by atoms with Gasteiger partial charge in [-0.2, -0.15) is 0 Å². The van der Waals surface area contributed by atoms with Crippen LogP contribution in [0.2, 0.25) is 0 Å². The first kappa shape index (κ1) is 17.6. The average Bonchev–Trinajstić information content (AvgIpc) is 2.91. The highest BCUT2D eigenvalue weighted by Crippen LogP contribution is 2.37. The number of fused-ring (bicyclic) bond motifs is 1. The summed E-state index contributed by atoms with van der Waals surface area (Å²) in [6.45, 7) is 5.38. The average molecular weight is 360 g/mol. The first-order chi connectivity index (χ1) is 13.2. The zero-order valence-corrected chi connectivity index (χ0v) is 15.5. The number of phenols is 1. The minimum absolute atomic E-state index is 0.198. The number of hydrogen-bond donors (Lipinski definition) is 1. The monoisotopic (exact) mass is 360 g/mol. The fraction of sp³-hybridized carbons (Fsp3) is 0.261. The van der Waals surface area contributed by atoms with Gasteiger partial charge in [0.2, 0.25) is 0 Å². The van der Waals surface area contributed by atoms with Gasteiger partial charge in [0.05, 0.1) is 0 Å². The molecule has 2 aromatic carbocycles. The minimum atomic E-state index is 0.198. The Labute approximate surface area is 160 Å². The largest absolute Gasteiger partial charge is 0.504 e. The van der Waals surface area contributed by atoms with Crippen molar-refractivity contribution in [2.24, 2.45) is 0 Å². The summed E-state index contributed by atoms with van der Waals surface area (Å²) in [7, 11) is 0. The molecular weight excluding hydrogens is 336 g/mol. The lowest BCUT2D eigenvalue weighted by Crippen LogP contribution is -2.29. The van der Waals surface area contributed by atoms with Crippen molar-refractivity contribution in [2.45, 2.75) is 19.4 Å². The Morgan fingerprint density at radius 1 is 1.11 bits per heavy atom. The third-order valence-corrected chi connectivity index (χ3v) is 5.09. The molecular formula is C23H24N2O2. The maximum Gasteiger partial charge on any atom is 0.165 e. The van der Waals surface area contributed by atoms with Crippen LogP contribution in [0.5, 0.6) is 11.5 Å².